The highest BCUT2D eigenvalue weighted by molar-refractivity contribution is 6.31. The maximum Gasteiger partial charge on any atom is 0.138 e. The van der Waals surface area contributed by atoms with Crippen LogP contribution in [0.25, 0.3) is 11.0 Å². The van der Waals surface area contributed by atoms with Crippen LogP contribution >= 0.6 is 11.6 Å². The fraction of sp³-hybridized carbons (Fsp3) is 0.429. The molecule has 2 aromatic rings. The summed E-state index contributed by atoms with van der Waals surface area (Å²) < 4.78 is 5.53. The first-order chi connectivity index (χ1) is 8.29. The molecule has 0 fully saturated rings. The van der Waals surface area contributed by atoms with Gasteiger partial charge in [0.15, 0.2) is 0 Å². The molecule has 4 heteroatoms. The summed E-state index contributed by atoms with van der Waals surface area (Å²) in [4.78, 5) is 0. The van der Waals surface area contributed by atoms with Crippen LogP contribution in [0.2, 0.25) is 5.02 Å². The second-order valence-electron chi connectivity index (χ2n) is 5.59. The zero-order valence-electron chi connectivity index (χ0n) is 10.6. The maximum atomic E-state index is 10.1. The number of benzene rings is 1. The second-order valence-corrected chi connectivity index (χ2v) is 6.02. The third kappa shape index (κ3) is 2.53. The van der Waals surface area contributed by atoms with Crippen LogP contribution in [0.1, 0.15) is 32.6 Å². The van der Waals surface area contributed by atoms with Crippen LogP contribution in [0.5, 0.6) is 0 Å². The predicted octanol–water partition coefficient (Wildman–Crippen LogP) is 3.53. The van der Waals surface area contributed by atoms with Gasteiger partial charge in [-0.25, -0.2) is 0 Å². The molecule has 0 saturated heterocycles. The van der Waals surface area contributed by atoms with E-state index in [9.17, 15) is 10.2 Å². The van der Waals surface area contributed by atoms with Gasteiger partial charge in [-0.05, 0) is 29.7 Å². The fourth-order valence-electron chi connectivity index (χ4n) is 1.81. The molecule has 2 unspecified atom stereocenters. The van der Waals surface area contributed by atoms with Crippen molar-refractivity contribution in [2.45, 2.75) is 33.0 Å². The van der Waals surface area contributed by atoms with Gasteiger partial charge >= 0.3 is 0 Å². The first kappa shape index (κ1) is 13.4. The molecular weight excluding hydrogens is 252 g/mol. The maximum absolute atomic E-state index is 10.1. The predicted molar refractivity (Wildman–Crippen MR) is 71.6 cm³/mol. The highest BCUT2D eigenvalue weighted by Crippen LogP contribution is 2.33. The van der Waals surface area contributed by atoms with Crippen LogP contribution in [0.4, 0.5) is 0 Å². The summed E-state index contributed by atoms with van der Waals surface area (Å²) in [5, 5.41) is 21.6. The van der Waals surface area contributed by atoms with Crippen LogP contribution < -0.4 is 0 Å². The van der Waals surface area contributed by atoms with Crippen molar-refractivity contribution in [1.29, 1.82) is 0 Å². The molecule has 3 nitrogen and oxygen atoms in total. The molecule has 0 bridgehead atoms. The third-order valence-corrected chi connectivity index (χ3v) is 3.21. The molecule has 2 rings (SSSR count). The molecule has 2 atom stereocenters. The quantitative estimate of drug-likeness (QED) is 0.876. The van der Waals surface area contributed by atoms with Crippen molar-refractivity contribution < 1.29 is 14.6 Å². The normalized spacial score (nSPS) is 15.9. The molecule has 98 valence electrons. The van der Waals surface area contributed by atoms with Crippen molar-refractivity contribution in [3.05, 3.63) is 35.0 Å². The number of halogens is 1. The molecule has 18 heavy (non-hydrogen) atoms. The van der Waals surface area contributed by atoms with E-state index in [0.29, 0.717) is 16.4 Å². The lowest BCUT2D eigenvalue weighted by Crippen LogP contribution is -2.32. The number of aliphatic hydroxyl groups excluding tert-OH is 2. The van der Waals surface area contributed by atoms with Gasteiger partial charge in [-0.2, -0.15) is 0 Å². The van der Waals surface area contributed by atoms with Gasteiger partial charge in [0.1, 0.15) is 17.4 Å². The number of furan rings is 1. The Labute approximate surface area is 111 Å². The van der Waals surface area contributed by atoms with E-state index < -0.39 is 17.6 Å². The molecule has 0 aliphatic rings. The van der Waals surface area contributed by atoms with E-state index in [-0.39, 0.29) is 0 Å². The molecule has 2 N–H and O–H groups in total. The Morgan fingerprint density at radius 1 is 1.17 bits per heavy atom. The van der Waals surface area contributed by atoms with Gasteiger partial charge in [0, 0.05) is 10.4 Å². The number of hydrogen-bond donors (Lipinski definition) is 2. The Balaban J connectivity index is 2.36. The van der Waals surface area contributed by atoms with Gasteiger partial charge in [0.05, 0.1) is 6.10 Å². The highest BCUT2D eigenvalue weighted by Gasteiger charge is 2.32. The number of rotatable bonds is 2. The van der Waals surface area contributed by atoms with Crippen molar-refractivity contribution in [2.24, 2.45) is 5.41 Å². The summed E-state index contributed by atoms with van der Waals surface area (Å²) in [6, 6.07) is 6.95. The van der Waals surface area contributed by atoms with Crippen LogP contribution in [-0.2, 0) is 0 Å². The van der Waals surface area contributed by atoms with Crippen LogP contribution in [-0.4, -0.2) is 16.3 Å². The van der Waals surface area contributed by atoms with Gasteiger partial charge in [0.25, 0.3) is 0 Å². The smallest absolute Gasteiger partial charge is 0.138 e. The van der Waals surface area contributed by atoms with Crippen molar-refractivity contribution >= 4 is 22.6 Å². The molecule has 0 aliphatic heterocycles. The molecule has 1 aromatic heterocycles. The van der Waals surface area contributed by atoms with Gasteiger partial charge in [-0.1, -0.05) is 32.4 Å². The van der Waals surface area contributed by atoms with E-state index in [4.69, 9.17) is 16.0 Å². The van der Waals surface area contributed by atoms with Gasteiger partial charge in [0.2, 0.25) is 0 Å². The summed E-state index contributed by atoms with van der Waals surface area (Å²) in [6.07, 6.45) is -1.94. The average Bonchev–Trinajstić information content (AvgIpc) is 2.68. The lowest BCUT2D eigenvalue weighted by molar-refractivity contribution is -0.0541. The van der Waals surface area contributed by atoms with E-state index in [1.807, 2.05) is 20.8 Å². The van der Waals surface area contributed by atoms with Crippen LogP contribution in [0, 0.1) is 5.41 Å². The second kappa shape index (κ2) is 4.57. The van der Waals surface area contributed by atoms with E-state index in [0.717, 1.165) is 5.39 Å². The van der Waals surface area contributed by atoms with Gasteiger partial charge < -0.3 is 14.6 Å². The van der Waals surface area contributed by atoms with Crippen LogP contribution in [0.15, 0.2) is 28.7 Å². The highest BCUT2D eigenvalue weighted by atomic mass is 35.5. The summed E-state index contributed by atoms with van der Waals surface area (Å²) in [5.74, 6) is 0.356. The standard InChI is InChI=1S/C14H17ClO3/c1-14(2,3)13(17)12(16)11-7-8-6-9(15)4-5-10(8)18-11/h4-7,12-13,16-17H,1-3H3. The largest absolute Gasteiger partial charge is 0.458 e. The Kier molecular flexibility index (Phi) is 3.41. The Morgan fingerprint density at radius 3 is 2.44 bits per heavy atom. The zero-order chi connectivity index (χ0) is 13.5. The monoisotopic (exact) mass is 268 g/mol. The zero-order valence-corrected chi connectivity index (χ0v) is 11.4. The Hall–Kier alpha value is -1.03. The van der Waals surface area contributed by atoms with E-state index in [1.165, 1.54) is 0 Å². The summed E-state index contributed by atoms with van der Waals surface area (Å²) in [7, 11) is 0. The Morgan fingerprint density at radius 2 is 1.83 bits per heavy atom. The Bertz CT molecular complexity index is 554. The molecular formula is C14H17ClO3. The van der Waals surface area contributed by atoms with Crippen molar-refractivity contribution in [3.63, 3.8) is 0 Å². The molecule has 1 aromatic carbocycles. The summed E-state index contributed by atoms with van der Waals surface area (Å²) in [6.45, 7) is 5.58. The number of hydrogen-bond acceptors (Lipinski definition) is 3. The first-order valence-corrected chi connectivity index (χ1v) is 6.22. The minimum atomic E-state index is -1.05. The van der Waals surface area contributed by atoms with E-state index in [2.05, 4.69) is 0 Å². The molecule has 0 radical (unpaired) electrons. The van der Waals surface area contributed by atoms with Crippen molar-refractivity contribution in [3.8, 4) is 0 Å². The molecule has 0 amide bonds. The first-order valence-electron chi connectivity index (χ1n) is 5.84. The minimum absolute atomic E-state index is 0.356. The topological polar surface area (TPSA) is 53.6 Å². The van der Waals surface area contributed by atoms with Crippen molar-refractivity contribution in [1.82, 2.24) is 0 Å². The van der Waals surface area contributed by atoms with Gasteiger partial charge in [-0.3, -0.25) is 0 Å². The molecule has 0 saturated carbocycles. The lowest BCUT2D eigenvalue weighted by Gasteiger charge is -2.28. The van der Waals surface area contributed by atoms with E-state index in [1.54, 1.807) is 24.3 Å². The van der Waals surface area contributed by atoms with Crippen LogP contribution in [0.3, 0.4) is 0 Å². The van der Waals surface area contributed by atoms with E-state index >= 15 is 0 Å². The minimum Gasteiger partial charge on any atom is -0.458 e. The average molecular weight is 269 g/mol. The lowest BCUT2D eigenvalue weighted by atomic mass is 9.85. The van der Waals surface area contributed by atoms with Crippen molar-refractivity contribution in [2.75, 3.05) is 0 Å². The SMILES string of the molecule is CC(C)(C)C(O)C(O)c1cc2cc(Cl)ccc2o1. The molecule has 1 heterocycles. The summed E-state index contributed by atoms with van der Waals surface area (Å²) in [5.41, 5.74) is 0.227. The number of fused-ring (bicyclic) bond motifs is 1. The van der Waals surface area contributed by atoms with Gasteiger partial charge in [-0.15, -0.1) is 0 Å². The summed E-state index contributed by atoms with van der Waals surface area (Å²) >= 11 is 5.89. The fourth-order valence-corrected chi connectivity index (χ4v) is 1.99. The molecule has 0 spiro atoms. The third-order valence-electron chi connectivity index (χ3n) is 2.98. The molecule has 0 aliphatic carbocycles. The number of aliphatic hydroxyl groups is 2.